The number of hydrogen-bond donors (Lipinski definition) is 0. The smallest absolute Gasteiger partial charge is 0.119 e. The Morgan fingerprint density at radius 2 is 1.90 bits per heavy atom. The minimum absolute atomic E-state index is 0.318. The third-order valence-corrected chi connectivity index (χ3v) is 6.44. The molecule has 0 fully saturated rings. The molecule has 4 rings (SSSR count). The SMILES string of the molecule is Cc1ccccc1-c1cc(C(OCc2ccc(Cl)cc2Cl)c2cncs2)ccc1C#N. The van der Waals surface area contributed by atoms with E-state index in [1.54, 1.807) is 17.6 Å². The van der Waals surface area contributed by atoms with Crippen molar-refractivity contribution in [3.8, 4) is 17.2 Å². The molecule has 0 aliphatic carbocycles. The molecule has 0 radical (unpaired) electrons. The molecule has 31 heavy (non-hydrogen) atoms. The molecule has 4 aromatic rings. The average molecular weight is 465 g/mol. The van der Waals surface area contributed by atoms with Crippen molar-refractivity contribution in [2.45, 2.75) is 19.6 Å². The van der Waals surface area contributed by atoms with Gasteiger partial charge in [-0.05, 0) is 53.4 Å². The second kappa shape index (κ2) is 9.64. The summed E-state index contributed by atoms with van der Waals surface area (Å²) in [4.78, 5) is 5.20. The van der Waals surface area contributed by atoms with Crippen LogP contribution in [0.1, 0.15) is 33.2 Å². The van der Waals surface area contributed by atoms with Gasteiger partial charge in [0.1, 0.15) is 6.10 Å². The molecular formula is C25H18Cl2N2OS. The first-order valence-electron chi connectivity index (χ1n) is 9.61. The van der Waals surface area contributed by atoms with Crippen LogP contribution in [0.2, 0.25) is 10.0 Å². The van der Waals surface area contributed by atoms with Crippen LogP contribution in [0.3, 0.4) is 0 Å². The first-order chi connectivity index (χ1) is 15.1. The van der Waals surface area contributed by atoms with Crippen molar-refractivity contribution in [3.05, 3.63) is 110 Å². The fourth-order valence-electron chi connectivity index (χ4n) is 3.43. The lowest BCUT2D eigenvalue weighted by Crippen LogP contribution is -2.06. The van der Waals surface area contributed by atoms with Gasteiger partial charge in [0.2, 0.25) is 0 Å². The van der Waals surface area contributed by atoms with E-state index in [1.807, 2.05) is 61.7 Å². The van der Waals surface area contributed by atoms with Gasteiger partial charge < -0.3 is 4.74 Å². The van der Waals surface area contributed by atoms with Gasteiger partial charge in [-0.1, -0.05) is 59.6 Å². The molecule has 6 heteroatoms. The molecule has 3 aromatic carbocycles. The second-order valence-corrected chi connectivity index (χ2v) is 8.82. The van der Waals surface area contributed by atoms with Gasteiger partial charge in [0, 0.05) is 21.8 Å². The molecule has 1 heterocycles. The largest absolute Gasteiger partial charge is 0.363 e. The minimum Gasteiger partial charge on any atom is -0.363 e. The first-order valence-corrected chi connectivity index (χ1v) is 11.2. The van der Waals surface area contributed by atoms with Gasteiger partial charge in [-0.15, -0.1) is 11.3 Å². The Kier molecular flexibility index (Phi) is 6.70. The molecule has 0 saturated heterocycles. The first kappa shape index (κ1) is 21.5. The van der Waals surface area contributed by atoms with Crippen molar-refractivity contribution in [3.63, 3.8) is 0 Å². The Morgan fingerprint density at radius 1 is 1.06 bits per heavy atom. The predicted molar refractivity (Wildman–Crippen MR) is 127 cm³/mol. The van der Waals surface area contributed by atoms with E-state index in [-0.39, 0.29) is 6.10 Å². The van der Waals surface area contributed by atoms with Crippen LogP contribution in [-0.4, -0.2) is 4.98 Å². The lowest BCUT2D eigenvalue weighted by Gasteiger charge is -2.19. The van der Waals surface area contributed by atoms with Crippen molar-refractivity contribution in [1.82, 2.24) is 4.98 Å². The number of rotatable bonds is 6. The zero-order valence-electron chi connectivity index (χ0n) is 16.7. The zero-order chi connectivity index (χ0) is 21.8. The summed E-state index contributed by atoms with van der Waals surface area (Å²) in [5.41, 5.74) is 7.25. The summed E-state index contributed by atoms with van der Waals surface area (Å²) in [5.74, 6) is 0. The Hall–Kier alpha value is -2.68. The number of benzene rings is 3. The van der Waals surface area contributed by atoms with Crippen LogP contribution in [0.25, 0.3) is 11.1 Å². The number of halogens is 2. The number of nitriles is 1. The van der Waals surface area contributed by atoms with E-state index in [4.69, 9.17) is 27.9 Å². The molecular weight excluding hydrogens is 447 g/mol. The third kappa shape index (κ3) is 4.81. The molecule has 0 bridgehead atoms. The van der Waals surface area contributed by atoms with Crippen molar-refractivity contribution < 1.29 is 4.74 Å². The monoisotopic (exact) mass is 464 g/mol. The van der Waals surface area contributed by atoms with Gasteiger partial charge in [-0.25, -0.2) is 0 Å². The maximum atomic E-state index is 9.67. The Balaban J connectivity index is 1.73. The standard InChI is InChI=1S/C25H18Cl2N2OS/c1-16-4-2-3-5-21(16)22-10-17(6-7-18(22)12-28)25(24-13-29-15-31-24)30-14-19-8-9-20(26)11-23(19)27/h2-11,13,15,25H,14H2,1H3. The van der Waals surface area contributed by atoms with Crippen LogP contribution in [-0.2, 0) is 11.3 Å². The maximum absolute atomic E-state index is 9.67. The molecule has 0 spiro atoms. The van der Waals surface area contributed by atoms with E-state index in [1.165, 1.54) is 11.3 Å². The topological polar surface area (TPSA) is 45.9 Å². The minimum atomic E-state index is -0.338. The van der Waals surface area contributed by atoms with Crippen LogP contribution in [0, 0.1) is 18.3 Å². The fraction of sp³-hybridized carbons (Fsp3) is 0.120. The number of nitrogens with zero attached hydrogens (tertiary/aromatic N) is 2. The molecule has 1 atom stereocenters. The Labute approximate surface area is 195 Å². The molecule has 0 aliphatic rings. The van der Waals surface area contributed by atoms with Gasteiger partial charge in [0.05, 0.1) is 28.6 Å². The van der Waals surface area contributed by atoms with E-state index in [0.29, 0.717) is 22.2 Å². The van der Waals surface area contributed by atoms with E-state index in [9.17, 15) is 5.26 Å². The van der Waals surface area contributed by atoms with Crippen LogP contribution < -0.4 is 0 Å². The summed E-state index contributed by atoms with van der Waals surface area (Å²) in [5, 5.41) is 10.8. The molecule has 0 N–H and O–H groups in total. The fourth-order valence-corrected chi connectivity index (χ4v) is 4.59. The van der Waals surface area contributed by atoms with Gasteiger partial charge >= 0.3 is 0 Å². The summed E-state index contributed by atoms with van der Waals surface area (Å²) in [6.07, 6.45) is 1.47. The van der Waals surface area contributed by atoms with Crippen molar-refractivity contribution in [1.29, 1.82) is 5.26 Å². The molecule has 3 nitrogen and oxygen atoms in total. The van der Waals surface area contributed by atoms with Gasteiger partial charge in [0.15, 0.2) is 0 Å². The highest BCUT2D eigenvalue weighted by molar-refractivity contribution is 7.09. The van der Waals surface area contributed by atoms with Crippen LogP contribution in [0.15, 0.2) is 72.4 Å². The number of aryl methyl sites for hydroxylation is 1. The summed E-state index contributed by atoms with van der Waals surface area (Å²) in [6.45, 7) is 2.36. The molecule has 0 aliphatic heterocycles. The highest BCUT2D eigenvalue weighted by Crippen LogP contribution is 2.35. The highest BCUT2D eigenvalue weighted by Gasteiger charge is 2.20. The maximum Gasteiger partial charge on any atom is 0.119 e. The van der Waals surface area contributed by atoms with Crippen LogP contribution in [0.5, 0.6) is 0 Å². The summed E-state index contributed by atoms with van der Waals surface area (Å²) in [6, 6.07) is 21.6. The predicted octanol–water partition coefficient (Wildman–Crippen LogP) is 7.60. The van der Waals surface area contributed by atoms with E-state index in [0.717, 1.165) is 32.7 Å². The number of thiazole rings is 1. The third-order valence-electron chi connectivity index (χ3n) is 5.03. The average Bonchev–Trinajstić information content (AvgIpc) is 3.30. The summed E-state index contributed by atoms with van der Waals surface area (Å²) < 4.78 is 6.33. The van der Waals surface area contributed by atoms with Crippen LogP contribution in [0.4, 0.5) is 0 Å². The number of ether oxygens (including phenoxy) is 1. The lowest BCUT2D eigenvalue weighted by molar-refractivity contribution is 0.0689. The molecule has 1 unspecified atom stereocenters. The van der Waals surface area contributed by atoms with Gasteiger partial charge in [-0.2, -0.15) is 5.26 Å². The molecule has 0 saturated carbocycles. The summed E-state index contributed by atoms with van der Waals surface area (Å²) >= 11 is 13.9. The second-order valence-electron chi connectivity index (χ2n) is 7.06. The van der Waals surface area contributed by atoms with Gasteiger partial charge in [0.25, 0.3) is 0 Å². The lowest BCUT2D eigenvalue weighted by atomic mass is 9.93. The molecule has 1 aromatic heterocycles. The number of hydrogen-bond acceptors (Lipinski definition) is 4. The Bertz CT molecular complexity index is 1250. The van der Waals surface area contributed by atoms with Gasteiger partial charge in [-0.3, -0.25) is 4.98 Å². The molecule has 154 valence electrons. The summed E-state index contributed by atoms with van der Waals surface area (Å²) in [7, 11) is 0. The van der Waals surface area contributed by atoms with Crippen LogP contribution >= 0.6 is 34.5 Å². The van der Waals surface area contributed by atoms with E-state index in [2.05, 4.69) is 11.1 Å². The van der Waals surface area contributed by atoms with Crippen molar-refractivity contribution >= 4 is 34.5 Å². The van der Waals surface area contributed by atoms with E-state index < -0.39 is 0 Å². The Morgan fingerprint density at radius 3 is 2.61 bits per heavy atom. The quantitative estimate of drug-likeness (QED) is 0.295. The zero-order valence-corrected chi connectivity index (χ0v) is 19.0. The van der Waals surface area contributed by atoms with Crippen molar-refractivity contribution in [2.24, 2.45) is 0 Å². The molecule has 0 amide bonds. The normalized spacial score (nSPS) is 11.8. The highest BCUT2D eigenvalue weighted by atomic mass is 35.5. The number of aromatic nitrogens is 1. The van der Waals surface area contributed by atoms with E-state index >= 15 is 0 Å². The van der Waals surface area contributed by atoms with Crippen molar-refractivity contribution in [2.75, 3.05) is 0 Å².